The van der Waals surface area contributed by atoms with Crippen LogP contribution in [0.1, 0.15) is 33.3 Å². The quantitative estimate of drug-likeness (QED) is 0.478. The molecule has 0 N–H and O–H groups in total. The van der Waals surface area contributed by atoms with Crippen molar-refractivity contribution in [2.75, 3.05) is 13.7 Å². The van der Waals surface area contributed by atoms with Gasteiger partial charge in [0.05, 0.1) is 29.7 Å². The maximum absolute atomic E-state index is 12.6. The number of rotatable bonds is 7. The summed E-state index contributed by atoms with van der Waals surface area (Å²) in [6.07, 6.45) is 1.43. The largest absolute Gasteiger partial charge is 0.493 e. The lowest BCUT2D eigenvalue weighted by molar-refractivity contribution is -0.150. The smallest absolute Gasteiger partial charge is 0.329 e. The average molecular weight is 428 g/mol. The summed E-state index contributed by atoms with van der Waals surface area (Å²) in [5.41, 5.74) is 0.562. The molecule has 1 saturated heterocycles. The van der Waals surface area contributed by atoms with E-state index in [9.17, 15) is 14.4 Å². The van der Waals surface area contributed by atoms with Crippen molar-refractivity contribution >= 4 is 46.6 Å². The molecule has 1 fully saturated rings. The Morgan fingerprint density at radius 3 is 2.54 bits per heavy atom. The van der Waals surface area contributed by atoms with E-state index < -0.39 is 23.2 Å². The molecule has 1 heterocycles. The number of esters is 1. The standard InChI is InChI=1S/C19H22ClNO6S/c1-6-26-18(23)11(4)21-17(22)15(28-19(21)24)9-12-7-13(20)16(27-10(2)3)14(8-12)25-5/h7-11H,6H2,1-5H3/b15-9-/t11-/m0/s1. The average Bonchev–Trinajstić information content (AvgIpc) is 2.89. The fourth-order valence-electron chi connectivity index (χ4n) is 2.51. The van der Waals surface area contributed by atoms with Crippen molar-refractivity contribution in [1.29, 1.82) is 0 Å². The van der Waals surface area contributed by atoms with E-state index in [1.165, 1.54) is 20.1 Å². The second kappa shape index (κ2) is 9.34. The summed E-state index contributed by atoms with van der Waals surface area (Å²) in [4.78, 5) is 37.9. The van der Waals surface area contributed by atoms with Crippen LogP contribution in [-0.2, 0) is 14.3 Å². The van der Waals surface area contributed by atoms with Crippen molar-refractivity contribution in [3.63, 3.8) is 0 Å². The molecule has 2 amide bonds. The number of thioether (sulfide) groups is 1. The zero-order valence-corrected chi connectivity index (χ0v) is 17.8. The van der Waals surface area contributed by atoms with Crippen molar-refractivity contribution in [1.82, 2.24) is 4.90 Å². The van der Waals surface area contributed by atoms with Gasteiger partial charge in [-0.05, 0) is 63.2 Å². The van der Waals surface area contributed by atoms with Crippen LogP contribution in [0, 0.1) is 0 Å². The van der Waals surface area contributed by atoms with Gasteiger partial charge in [0.25, 0.3) is 11.1 Å². The monoisotopic (exact) mass is 427 g/mol. The van der Waals surface area contributed by atoms with Gasteiger partial charge in [0.2, 0.25) is 0 Å². The maximum atomic E-state index is 12.6. The SMILES string of the molecule is CCOC(=O)[C@H](C)N1C(=O)S/C(=C\c2cc(Cl)c(OC(C)C)c(OC)c2)C1=O. The number of halogens is 1. The molecule has 0 unspecified atom stereocenters. The van der Waals surface area contributed by atoms with Gasteiger partial charge in [0.15, 0.2) is 11.5 Å². The highest BCUT2D eigenvalue weighted by Crippen LogP contribution is 2.39. The summed E-state index contributed by atoms with van der Waals surface area (Å²) < 4.78 is 15.9. The van der Waals surface area contributed by atoms with Gasteiger partial charge in [0.1, 0.15) is 6.04 Å². The first-order chi connectivity index (χ1) is 13.2. The maximum Gasteiger partial charge on any atom is 0.329 e. The summed E-state index contributed by atoms with van der Waals surface area (Å²) in [5.74, 6) is -0.383. The van der Waals surface area contributed by atoms with E-state index in [0.717, 1.165) is 16.7 Å². The number of nitrogens with zero attached hydrogens (tertiary/aromatic N) is 1. The second-order valence-corrected chi connectivity index (χ2v) is 7.58. The van der Waals surface area contributed by atoms with Crippen LogP contribution in [0.4, 0.5) is 4.79 Å². The van der Waals surface area contributed by atoms with E-state index in [1.54, 1.807) is 19.1 Å². The Balaban J connectivity index is 2.33. The Bertz CT molecular complexity index is 823. The lowest BCUT2D eigenvalue weighted by Gasteiger charge is -2.19. The highest BCUT2D eigenvalue weighted by molar-refractivity contribution is 8.18. The molecule has 0 saturated carbocycles. The number of imide groups is 1. The predicted molar refractivity (Wildman–Crippen MR) is 108 cm³/mol. The molecule has 1 aliphatic rings. The van der Waals surface area contributed by atoms with E-state index in [1.807, 2.05) is 13.8 Å². The number of amides is 2. The summed E-state index contributed by atoms with van der Waals surface area (Å²) >= 11 is 7.05. The lowest BCUT2D eigenvalue weighted by Crippen LogP contribution is -2.42. The highest BCUT2D eigenvalue weighted by Gasteiger charge is 2.41. The number of methoxy groups -OCH3 is 1. The zero-order chi connectivity index (χ0) is 21.0. The van der Waals surface area contributed by atoms with Gasteiger partial charge in [-0.15, -0.1) is 0 Å². The van der Waals surface area contributed by atoms with Crippen molar-refractivity contribution in [2.45, 2.75) is 39.8 Å². The van der Waals surface area contributed by atoms with Gasteiger partial charge < -0.3 is 14.2 Å². The number of carbonyl (C=O) groups excluding carboxylic acids is 3. The van der Waals surface area contributed by atoms with Gasteiger partial charge in [-0.2, -0.15) is 0 Å². The molecule has 7 nitrogen and oxygen atoms in total. The molecular formula is C19H22ClNO6S. The molecule has 1 aromatic carbocycles. The van der Waals surface area contributed by atoms with Crippen molar-refractivity contribution in [2.24, 2.45) is 0 Å². The van der Waals surface area contributed by atoms with Crippen LogP contribution in [0.25, 0.3) is 6.08 Å². The van der Waals surface area contributed by atoms with E-state index in [-0.39, 0.29) is 17.6 Å². The van der Waals surface area contributed by atoms with Gasteiger partial charge in [-0.25, -0.2) is 4.79 Å². The Morgan fingerprint density at radius 2 is 1.96 bits per heavy atom. The molecule has 2 rings (SSSR count). The fourth-order valence-corrected chi connectivity index (χ4v) is 3.68. The molecule has 9 heteroatoms. The Kier molecular flexibility index (Phi) is 7.37. The van der Waals surface area contributed by atoms with Crippen LogP contribution >= 0.6 is 23.4 Å². The van der Waals surface area contributed by atoms with Crippen molar-refractivity contribution < 1.29 is 28.6 Å². The van der Waals surface area contributed by atoms with Crippen LogP contribution in [0.5, 0.6) is 11.5 Å². The minimum atomic E-state index is -1.00. The molecule has 0 bridgehead atoms. The van der Waals surface area contributed by atoms with Crippen molar-refractivity contribution in [3.05, 3.63) is 27.6 Å². The molecule has 0 aromatic heterocycles. The van der Waals surface area contributed by atoms with Crippen LogP contribution in [0.15, 0.2) is 17.0 Å². The molecule has 0 radical (unpaired) electrons. The van der Waals surface area contributed by atoms with Crippen LogP contribution in [-0.4, -0.2) is 47.9 Å². The fraction of sp³-hybridized carbons (Fsp3) is 0.421. The van der Waals surface area contributed by atoms with Gasteiger partial charge in [-0.1, -0.05) is 11.6 Å². The Morgan fingerprint density at radius 1 is 1.29 bits per heavy atom. The van der Waals surface area contributed by atoms with Crippen molar-refractivity contribution in [3.8, 4) is 11.5 Å². The molecule has 0 aliphatic carbocycles. The number of hydrogen-bond acceptors (Lipinski definition) is 7. The van der Waals surface area contributed by atoms with Crippen LogP contribution in [0.2, 0.25) is 5.02 Å². The molecule has 0 spiro atoms. The topological polar surface area (TPSA) is 82.1 Å². The zero-order valence-electron chi connectivity index (χ0n) is 16.3. The summed E-state index contributed by atoms with van der Waals surface area (Å²) in [6, 6.07) is 2.27. The van der Waals surface area contributed by atoms with E-state index in [4.69, 9.17) is 25.8 Å². The van der Waals surface area contributed by atoms with Gasteiger partial charge in [-0.3, -0.25) is 14.5 Å². The first-order valence-corrected chi connectivity index (χ1v) is 9.86. The number of benzene rings is 1. The third-order valence-corrected chi connectivity index (χ3v) is 4.91. The normalized spacial score (nSPS) is 16.7. The second-order valence-electron chi connectivity index (χ2n) is 6.18. The van der Waals surface area contributed by atoms with Gasteiger partial charge >= 0.3 is 5.97 Å². The summed E-state index contributed by atoms with van der Waals surface area (Å²) in [5, 5.41) is -0.215. The molecule has 152 valence electrons. The first-order valence-electron chi connectivity index (χ1n) is 8.67. The van der Waals surface area contributed by atoms with Gasteiger partial charge in [0, 0.05) is 0 Å². The number of ether oxygens (including phenoxy) is 3. The number of carbonyl (C=O) groups is 3. The molecule has 1 aliphatic heterocycles. The van der Waals surface area contributed by atoms with E-state index in [2.05, 4.69) is 0 Å². The van der Waals surface area contributed by atoms with Crippen LogP contribution in [0.3, 0.4) is 0 Å². The van der Waals surface area contributed by atoms with E-state index in [0.29, 0.717) is 22.1 Å². The third-order valence-electron chi connectivity index (χ3n) is 3.74. The van der Waals surface area contributed by atoms with Crippen LogP contribution < -0.4 is 9.47 Å². The highest BCUT2D eigenvalue weighted by atomic mass is 35.5. The minimum absolute atomic E-state index is 0.0990. The minimum Gasteiger partial charge on any atom is -0.493 e. The number of hydrogen-bond donors (Lipinski definition) is 0. The Labute approximate surface area is 172 Å². The molecule has 1 atom stereocenters. The third kappa shape index (κ3) is 4.80. The molecular weight excluding hydrogens is 406 g/mol. The molecule has 28 heavy (non-hydrogen) atoms. The van der Waals surface area contributed by atoms with E-state index >= 15 is 0 Å². The summed E-state index contributed by atoms with van der Waals surface area (Å²) in [7, 11) is 1.48. The first kappa shape index (κ1) is 22.1. The molecule has 1 aromatic rings. The summed E-state index contributed by atoms with van der Waals surface area (Å²) in [6.45, 7) is 7.00. The lowest BCUT2D eigenvalue weighted by atomic mass is 10.1. The predicted octanol–water partition coefficient (Wildman–Crippen LogP) is 4.12. The Hall–Kier alpha value is -2.19.